The van der Waals surface area contributed by atoms with Gasteiger partial charge in [-0.05, 0) is 59.5 Å². The van der Waals surface area contributed by atoms with Gasteiger partial charge < -0.3 is 10.1 Å². The zero-order valence-corrected chi connectivity index (χ0v) is 17.6. The number of anilines is 1. The minimum absolute atomic E-state index is 0.112. The van der Waals surface area contributed by atoms with Crippen LogP contribution >= 0.6 is 11.8 Å². The Morgan fingerprint density at radius 2 is 1.93 bits per heavy atom. The molecule has 0 aliphatic carbocycles. The maximum atomic E-state index is 12.4. The van der Waals surface area contributed by atoms with Crippen molar-refractivity contribution in [1.29, 1.82) is 0 Å². The molecule has 1 N–H and O–H groups in total. The largest absolute Gasteiger partial charge is 0.492 e. The number of amides is 1. The number of hydrogen-bond donors (Lipinski definition) is 1. The lowest BCUT2D eigenvalue weighted by Crippen LogP contribution is -2.14. The van der Waals surface area contributed by atoms with Crippen molar-refractivity contribution in [3.8, 4) is 11.4 Å². The molecule has 0 aliphatic heterocycles. The average Bonchev–Trinajstić information content (AvgIpc) is 3.21. The van der Waals surface area contributed by atoms with Crippen LogP contribution in [0.5, 0.6) is 5.75 Å². The van der Waals surface area contributed by atoms with Gasteiger partial charge in [-0.1, -0.05) is 49.9 Å². The van der Waals surface area contributed by atoms with Gasteiger partial charge in [0.1, 0.15) is 11.4 Å². The van der Waals surface area contributed by atoms with E-state index in [4.69, 9.17) is 4.74 Å². The van der Waals surface area contributed by atoms with Crippen LogP contribution < -0.4 is 10.1 Å². The first kappa shape index (κ1) is 20.9. The van der Waals surface area contributed by atoms with Gasteiger partial charge >= 0.3 is 0 Å². The minimum Gasteiger partial charge on any atom is -0.492 e. The molecule has 29 heavy (non-hydrogen) atoms. The van der Waals surface area contributed by atoms with Crippen molar-refractivity contribution in [1.82, 2.24) is 20.2 Å². The van der Waals surface area contributed by atoms with Gasteiger partial charge in [0.15, 0.2) is 0 Å². The van der Waals surface area contributed by atoms with Gasteiger partial charge in [-0.25, -0.2) is 0 Å². The van der Waals surface area contributed by atoms with Crippen molar-refractivity contribution >= 4 is 23.4 Å². The molecule has 2 aromatic carbocycles. The smallest absolute Gasteiger partial charge is 0.234 e. The van der Waals surface area contributed by atoms with Gasteiger partial charge in [-0.15, -0.1) is 5.10 Å². The lowest BCUT2D eigenvalue weighted by molar-refractivity contribution is -0.113. The number of para-hydroxylation sites is 2. The summed E-state index contributed by atoms with van der Waals surface area (Å²) in [4.78, 5) is 12.4. The molecule has 1 heterocycles. The SMILES string of the molecule is CCOc1ccccc1-n1nnnc1SCC(=O)Nc1ccc(C(C)CC)cc1. The summed E-state index contributed by atoms with van der Waals surface area (Å²) in [5, 5.41) is 15.3. The molecule has 152 valence electrons. The van der Waals surface area contributed by atoms with Crippen LogP contribution in [0.4, 0.5) is 5.69 Å². The summed E-state index contributed by atoms with van der Waals surface area (Å²) in [6.07, 6.45) is 1.09. The lowest BCUT2D eigenvalue weighted by Gasteiger charge is -2.11. The maximum absolute atomic E-state index is 12.4. The molecule has 0 radical (unpaired) electrons. The quantitative estimate of drug-likeness (QED) is 0.529. The number of carbonyl (C=O) groups is 1. The third-order valence-corrected chi connectivity index (χ3v) is 5.46. The molecule has 0 saturated carbocycles. The first-order valence-electron chi connectivity index (χ1n) is 9.65. The number of rotatable bonds is 9. The molecular formula is C21H25N5O2S. The second kappa shape index (κ2) is 10.1. The second-order valence-electron chi connectivity index (χ2n) is 6.54. The first-order chi connectivity index (χ1) is 14.1. The van der Waals surface area contributed by atoms with Gasteiger partial charge in [0, 0.05) is 5.69 Å². The second-order valence-corrected chi connectivity index (χ2v) is 7.48. The summed E-state index contributed by atoms with van der Waals surface area (Å²) in [6.45, 7) is 6.82. The third kappa shape index (κ3) is 5.35. The molecule has 0 bridgehead atoms. The molecule has 7 nitrogen and oxygen atoms in total. The Morgan fingerprint density at radius 3 is 2.66 bits per heavy atom. The summed E-state index contributed by atoms with van der Waals surface area (Å²) >= 11 is 1.27. The molecular weight excluding hydrogens is 386 g/mol. The van der Waals surface area contributed by atoms with Crippen LogP contribution in [0.25, 0.3) is 5.69 Å². The third-order valence-electron chi connectivity index (χ3n) is 4.54. The Morgan fingerprint density at radius 1 is 1.17 bits per heavy atom. The van der Waals surface area contributed by atoms with E-state index in [-0.39, 0.29) is 11.7 Å². The van der Waals surface area contributed by atoms with E-state index >= 15 is 0 Å². The van der Waals surface area contributed by atoms with Crippen LogP contribution in [0, 0.1) is 0 Å². The average molecular weight is 412 g/mol. The van der Waals surface area contributed by atoms with Gasteiger partial charge in [0.25, 0.3) is 0 Å². The van der Waals surface area contributed by atoms with E-state index in [1.54, 1.807) is 4.68 Å². The van der Waals surface area contributed by atoms with Crippen molar-refractivity contribution in [3.63, 3.8) is 0 Å². The summed E-state index contributed by atoms with van der Waals surface area (Å²) in [7, 11) is 0. The molecule has 1 atom stereocenters. The number of nitrogens with zero attached hydrogens (tertiary/aromatic N) is 4. The van der Waals surface area contributed by atoms with Gasteiger partial charge in [-0.2, -0.15) is 4.68 Å². The van der Waals surface area contributed by atoms with Crippen molar-refractivity contribution in [2.45, 2.75) is 38.3 Å². The number of hydrogen-bond acceptors (Lipinski definition) is 6. The highest BCUT2D eigenvalue weighted by Gasteiger charge is 2.15. The van der Waals surface area contributed by atoms with Gasteiger partial charge in [0.05, 0.1) is 12.4 Å². The van der Waals surface area contributed by atoms with Crippen molar-refractivity contribution in [2.24, 2.45) is 0 Å². The number of aromatic nitrogens is 4. The van der Waals surface area contributed by atoms with Gasteiger partial charge in [0.2, 0.25) is 11.1 Å². The number of tetrazole rings is 1. The topological polar surface area (TPSA) is 81.9 Å². The fraction of sp³-hybridized carbons (Fsp3) is 0.333. The van der Waals surface area contributed by atoms with E-state index < -0.39 is 0 Å². The van der Waals surface area contributed by atoms with Crippen LogP contribution in [-0.2, 0) is 4.79 Å². The van der Waals surface area contributed by atoms with Crippen molar-refractivity contribution < 1.29 is 9.53 Å². The van der Waals surface area contributed by atoms with Crippen LogP contribution in [0.1, 0.15) is 38.7 Å². The Bertz CT molecular complexity index is 942. The van der Waals surface area contributed by atoms with Gasteiger partial charge in [-0.3, -0.25) is 4.79 Å². The molecule has 0 aliphatic rings. The predicted molar refractivity (Wildman–Crippen MR) is 115 cm³/mol. The van der Waals surface area contributed by atoms with Crippen LogP contribution in [0.3, 0.4) is 0 Å². The maximum Gasteiger partial charge on any atom is 0.234 e. The van der Waals surface area contributed by atoms with E-state index in [1.165, 1.54) is 17.3 Å². The van der Waals surface area contributed by atoms with Crippen LogP contribution in [-0.4, -0.2) is 38.5 Å². The number of ether oxygens (including phenoxy) is 1. The molecule has 1 unspecified atom stereocenters. The Labute approximate surface area is 174 Å². The summed E-state index contributed by atoms with van der Waals surface area (Å²) in [5.74, 6) is 1.28. The normalized spacial score (nSPS) is 11.8. The molecule has 3 aromatic rings. The molecule has 0 spiro atoms. The fourth-order valence-corrected chi connectivity index (χ4v) is 3.47. The summed E-state index contributed by atoms with van der Waals surface area (Å²) in [6, 6.07) is 15.5. The zero-order valence-electron chi connectivity index (χ0n) is 16.8. The highest BCUT2D eigenvalue weighted by molar-refractivity contribution is 7.99. The molecule has 3 rings (SSSR count). The Balaban J connectivity index is 1.63. The molecule has 0 saturated heterocycles. The van der Waals surface area contributed by atoms with E-state index in [0.717, 1.165) is 17.8 Å². The fourth-order valence-electron chi connectivity index (χ4n) is 2.79. The van der Waals surface area contributed by atoms with E-state index in [1.807, 2.05) is 43.3 Å². The molecule has 1 aromatic heterocycles. The van der Waals surface area contributed by atoms with E-state index in [0.29, 0.717) is 23.4 Å². The lowest BCUT2D eigenvalue weighted by atomic mass is 9.99. The molecule has 0 fully saturated rings. The van der Waals surface area contributed by atoms with E-state index in [2.05, 4.69) is 46.8 Å². The molecule has 8 heteroatoms. The summed E-state index contributed by atoms with van der Waals surface area (Å²) < 4.78 is 7.24. The Hall–Kier alpha value is -2.87. The van der Waals surface area contributed by atoms with Crippen LogP contribution in [0.2, 0.25) is 0 Å². The Kier molecular flexibility index (Phi) is 7.24. The van der Waals surface area contributed by atoms with Crippen molar-refractivity contribution in [3.05, 3.63) is 54.1 Å². The highest BCUT2D eigenvalue weighted by atomic mass is 32.2. The monoisotopic (exact) mass is 411 g/mol. The van der Waals surface area contributed by atoms with Crippen LogP contribution in [0.15, 0.2) is 53.7 Å². The number of thioether (sulfide) groups is 1. The minimum atomic E-state index is -0.112. The standard InChI is InChI=1S/C21H25N5O2S/c1-4-15(3)16-10-12-17(13-11-16)22-20(27)14-29-21-23-24-25-26(21)18-8-6-7-9-19(18)28-5-2/h6-13,15H,4-5,14H2,1-3H3,(H,22,27). The highest BCUT2D eigenvalue weighted by Crippen LogP contribution is 2.26. The molecule has 1 amide bonds. The van der Waals surface area contributed by atoms with E-state index in [9.17, 15) is 4.79 Å². The zero-order chi connectivity index (χ0) is 20.6. The first-order valence-corrected chi connectivity index (χ1v) is 10.6. The number of carbonyl (C=O) groups excluding carboxylic acids is 1. The number of nitrogens with one attached hydrogen (secondary N) is 1. The van der Waals surface area contributed by atoms with Crippen molar-refractivity contribution in [2.75, 3.05) is 17.7 Å². The summed E-state index contributed by atoms with van der Waals surface area (Å²) in [5.41, 5.74) is 2.79. The predicted octanol–water partition coefficient (Wildman–Crippen LogP) is 4.31. The number of benzene rings is 2.